The number of carbonyl (C=O) groups excluding carboxylic acids is 1. The Morgan fingerprint density at radius 1 is 1.47 bits per heavy atom. The van der Waals surface area contributed by atoms with E-state index in [2.05, 4.69) is 10.3 Å². The Morgan fingerprint density at radius 3 is 3.11 bits per heavy atom. The zero-order valence-corrected chi connectivity index (χ0v) is 12.0. The third-order valence-electron chi connectivity index (χ3n) is 2.83. The molecule has 0 aromatic carbocycles. The summed E-state index contributed by atoms with van der Waals surface area (Å²) in [6.07, 6.45) is 4.17. The molecule has 1 N–H and O–H groups in total. The van der Waals surface area contributed by atoms with Crippen molar-refractivity contribution in [1.82, 2.24) is 14.7 Å². The second kappa shape index (κ2) is 5.14. The van der Waals surface area contributed by atoms with Crippen molar-refractivity contribution >= 4 is 33.5 Å². The van der Waals surface area contributed by atoms with E-state index in [-0.39, 0.29) is 11.9 Å². The lowest BCUT2D eigenvalue weighted by atomic mass is 10.2. The van der Waals surface area contributed by atoms with Crippen LogP contribution in [0.5, 0.6) is 0 Å². The highest BCUT2D eigenvalue weighted by atomic mass is 32.1. The number of imidazole rings is 1. The summed E-state index contributed by atoms with van der Waals surface area (Å²) < 4.78 is 1.94. The first-order valence-electron chi connectivity index (χ1n) is 5.96. The van der Waals surface area contributed by atoms with Crippen molar-refractivity contribution in [1.29, 1.82) is 0 Å². The van der Waals surface area contributed by atoms with E-state index in [1.165, 1.54) is 4.88 Å². The lowest BCUT2D eigenvalue weighted by Crippen LogP contribution is -2.27. The van der Waals surface area contributed by atoms with Crippen LogP contribution in [0.4, 0.5) is 0 Å². The minimum atomic E-state index is 0.00616. The van der Waals surface area contributed by atoms with Crippen molar-refractivity contribution in [3.8, 4) is 0 Å². The number of aromatic nitrogens is 2. The van der Waals surface area contributed by atoms with Gasteiger partial charge in [0.05, 0.1) is 18.2 Å². The lowest BCUT2D eigenvalue weighted by Gasteiger charge is -2.11. The fourth-order valence-electron chi connectivity index (χ4n) is 1.93. The first kappa shape index (κ1) is 12.4. The number of thiophene rings is 1. The summed E-state index contributed by atoms with van der Waals surface area (Å²) in [6.45, 7) is 2.00. The van der Waals surface area contributed by atoms with Crippen LogP contribution in [0.25, 0.3) is 4.96 Å². The summed E-state index contributed by atoms with van der Waals surface area (Å²) in [5.41, 5.74) is 0.808. The van der Waals surface area contributed by atoms with Crippen molar-refractivity contribution in [3.05, 3.63) is 45.9 Å². The molecule has 0 fully saturated rings. The van der Waals surface area contributed by atoms with Crippen LogP contribution >= 0.6 is 22.7 Å². The Kier molecular flexibility index (Phi) is 3.35. The molecule has 0 saturated heterocycles. The molecule has 0 unspecified atom stereocenters. The van der Waals surface area contributed by atoms with Crippen molar-refractivity contribution in [2.24, 2.45) is 0 Å². The average Bonchev–Trinajstić information content (AvgIpc) is 3.03. The van der Waals surface area contributed by atoms with Gasteiger partial charge in [0.1, 0.15) is 0 Å². The minimum Gasteiger partial charge on any atom is -0.348 e. The third kappa shape index (κ3) is 2.69. The van der Waals surface area contributed by atoms with Gasteiger partial charge >= 0.3 is 0 Å². The molecule has 3 rings (SSSR count). The van der Waals surface area contributed by atoms with E-state index < -0.39 is 0 Å². The number of hydrogen-bond acceptors (Lipinski definition) is 4. The molecule has 0 bridgehead atoms. The summed E-state index contributed by atoms with van der Waals surface area (Å²) >= 11 is 3.22. The monoisotopic (exact) mass is 291 g/mol. The molecule has 6 heteroatoms. The van der Waals surface area contributed by atoms with Crippen LogP contribution in [0, 0.1) is 0 Å². The number of carbonyl (C=O) groups is 1. The number of amides is 1. The predicted molar refractivity (Wildman–Crippen MR) is 77.6 cm³/mol. The quantitative estimate of drug-likeness (QED) is 0.803. The van der Waals surface area contributed by atoms with E-state index in [4.69, 9.17) is 0 Å². The van der Waals surface area contributed by atoms with Crippen LogP contribution in [0.15, 0.2) is 35.3 Å². The van der Waals surface area contributed by atoms with E-state index in [1.807, 2.05) is 46.6 Å². The highest BCUT2D eigenvalue weighted by molar-refractivity contribution is 7.15. The molecular weight excluding hydrogens is 278 g/mol. The second-order valence-electron chi connectivity index (χ2n) is 4.31. The van der Waals surface area contributed by atoms with Gasteiger partial charge in [0, 0.05) is 22.7 Å². The number of thiazole rings is 1. The maximum Gasteiger partial charge on any atom is 0.226 e. The Bertz CT molecular complexity index is 655. The Labute approximate surface area is 118 Å². The van der Waals surface area contributed by atoms with E-state index in [0.29, 0.717) is 6.42 Å². The van der Waals surface area contributed by atoms with Crippen LogP contribution < -0.4 is 5.32 Å². The first-order valence-corrected chi connectivity index (χ1v) is 7.72. The fourth-order valence-corrected chi connectivity index (χ4v) is 3.38. The summed E-state index contributed by atoms with van der Waals surface area (Å²) in [7, 11) is 0. The van der Waals surface area contributed by atoms with E-state index in [9.17, 15) is 4.79 Å². The molecule has 1 atom stereocenters. The van der Waals surface area contributed by atoms with Crippen LogP contribution in [0.2, 0.25) is 0 Å². The Morgan fingerprint density at radius 2 is 2.37 bits per heavy atom. The molecule has 0 spiro atoms. The highest BCUT2D eigenvalue weighted by Gasteiger charge is 2.12. The van der Waals surface area contributed by atoms with Gasteiger partial charge in [-0.25, -0.2) is 4.98 Å². The molecule has 3 aromatic heterocycles. The van der Waals surface area contributed by atoms with Crippen molar-refractivity contribution in [3.63, 3.8) is 0 Å². The van der Waals surface area contributed by atoms with Gasteiger partial charge in [0.2, 0.25) is 5.91 Å². The lowest BCUT2D eigenvalue weighted by molar-refractivity contribution is -0.121. The summed E-state index contributed by atoms with van der Waals surface area (Å²) in [4.78, 5) is 18.5. The number of rotatable bonds is 4. The molecule has 3 aromatic rings. The normalized spacial score (nSPS) is 12.7. The standard InChI is InChI=1S/C13H13N3OS2/c1-9(11-3-2-5-18-11)14-12(17)7-10-8-16-4-6-19-13(16)15-10/h2-6,8-9H,7H2,1H3,(H,14,17)/t9-/m1/s1. The number of nitrogens with zero attached hydrogens (tertiary/aromatic N) is 2. The zero-order chi connectivity index (χ0) is 13.2. The molecule has 19 heavy (non-hydrogen) atoms. The Hall–Kier alpha value is -1.66. The van der Waals surface area contributed by atoms with E-state index in [1.54, 1.807) is 22.7 Å². The zero-order valence-electron chi connectivity index (χ0n) is 10.4. The van der Waals surface area contributed by atoms with Gasteiger partial charge in [0.25, 0.3) is 0 Å². The molecule has 98 valence electrons. The molecule has 0 aliphatic carbocycles. The summed E-state index contributed by atoms with van der Waals surface area (Å²) in [6, 6.07) is 4.07. The largest absolute Gasteiger partial charge is 0.348 e. The van der Waals surface area contributed by atoms with Crippen LogP contribution in [-0.2, 0) is 11.2 Å². The van der Waals surface area contributed by atoms with Gasteiger partial charge in [-0.2, -0.15) is 0 Å². The van der Waals surface area contributed by atoms with Crippen molar-refractivity contribution < 1.29 is 4.79 Å². The van der Waals surface area contributed by atoms with E-state index >= 15 is 0 Å². The van der Waals surface area contributed by atoms with Gasteiger partial charge < -0.3 is 5.32 Å². The molecule has 4 nitrogen and oxygen atoms in total. The average molecular weight is 291 g/mol. The summed E-state index contributed by atoms with van der Waals surface area (Å²) in [5, 5.41) is 6.99. The molecular formula is C13H13N3OS2. The SMILES string of the molecule is C[C@@H](NC(=O)Cc1cn2ccsc2n1)c1cccs1. The molecule has 3 heterocycles. The molecule has 0 radical (unpaired) electrons. The van der Waals surface area contributed by atoms with Gasteiger partial charge in [-0.15, -0.1) is 22.7 Å². The van der Waals surface area contributed by atoms with Gasteiger partial charge in [-0.3, -0.25) is 9.20 Å². The van der Waals surface area contributed by atoms with Gasteiger partial charge in [0.15, 0.2) is 4.96 Å². The van der Waals surface area contributed by atoms with Crippen molar-refractivity contribution in [2.45, 2.75) is 19.4 Å². The minimum absolute atomic E-state index is 0.00616. The third-order valence-corrected chi connectivity index (χ3v) is 4.66. The number of hydrogen-bond donors (Lipinski definition) is 1. The maximum atomic E-state index is 12.0. The van der Waals surface area contributed by atoms with Crippen LogP contribution in [-0.4, -0.2) is 15.3 Å². The summed E-state index contributed by atoms with van der Waals surface area (Å²) in [5.74, 6) is 0.00616. The van der Waals surface area contributed by atoms with Crippen LogP contribution in [0.3, 0.4) is 0 Å². The fraction of sp³-hybridized carbons (Fsp3) is 0.231. The number of nitrogens with one attached hydrogen (secondary N) is 1. The van der Waals surface area contributed by atoms with Gasteiger partial charge in [-0.1, -0.05) is 6.07 Å². The topological polar surface area (TPSA) is 46.4 Å². The first-order chi connectivity index (χ1) is 9.22. The highest BCUT2D eigenvalue weighted by Crippen LogP contribution is 2.18. The van der Waals surface area contributed by atoms with Crippen LogP contribution in [0.1, 0.15) is 23.5 Å². The molecule has 0 aliphatic rings. The second-order valence-corrected chi connectivity index (χ2v) is 6.16. The molecule has 1 amide bonds. The Balaban J connectivity index is 1.63. The van der Waals surface area contributed by atoms with Crippen molar-refractivity contribution in [2.75, 3.05) is 0 Å². The molecule has 0 saturated carbocycles. The number of fused-ring (bicyclic) bond motifs is 1. The predicted octanol–water partition coefficient (Wildman–Crippen LogP) is 2.88. The molecule has 0 aliphatic heterocycles. The maximum absolute atomic E-state index is 12.0. The van der Waals surface area contributed by atoms with Gasteiger partial charge in [-0.05, 0) is 18.4 Å². The van der Waals surface area contributed by atoms with E-state index in [0.717, 1.165) is 10.7 Å². The smallest absolute Gasteiger partial charge is 0.226 e.